The van der Waals surface area contributed by atoms with Crippen molar-refractivity contribution in [3.63, 3.8) is 0 Å². The van der Waals surface area contributed by atoms with Crippen molar-refractivity contribution < 1.29 is 0 Å². The largest absolute Gasteiger partial charge is 0.261 e. The molecule has 0 fully saturated rings. The molecule has 0 saturated carbocycles. The van der Waals surface area contributed by atoms with E-state index in [1.54, 1.807) is 0 Å². The molecule has 1 atom stereocenters. The summed E-state index contributed by atoms with van der Waals surface area (Å²) in [5.74, 6) is 1.30. The third-order valence-corrected chi connectivity index (χ3v) is 2.90. The van der Waals surface area contributed by atoms with Gasteiger partial charge in [0.25, 0.3) is 0 Å². The van der Waals surface area contributed by atoms with E-state index >= 15 is 0 Å². The van der Waals surface area contributed by atoms with Crippen LogP contribution in [-0.2, 0) is 6.42 Å². The highest BCUT2D eigenvalue weighted by Gasteiger charge is 2.17. The van der Waals surface area contributed by atoms with Crippen LogP contribution in [0.4, 0.5) is 0 Å². The van der Waals surface area contributed by atoms with Crippen LogP contribution in [0.5, 0.6) is 0 Å². The van der Waals surface area contributed by atoms with E-state index in [0.717, 1.165) is 6.42 Å². The number of hydrogen-bond acceptors (Lipinski definition) is 1. The summed E-state index contributed by atoms with van der Waals surface area (Å²) in [6, 6.07) is 4.24. The van der Waals surface area contributed by atoms with Gasteiger partial charge in [0, 0.05) is 17.8 Å². The maximum Gasteiger partial charge on any atom is 0.0468 e. The molecule has 1 heterocycles. The number of nitrogens with zero attached hydrogens (tertiary/aromatic N) is 1. The molecule has 0 radical (unpaired) electrons. The summed E-state index contributed by atoms with van der Waals surface area (Å²) < 4.78 is 0. The van der Waals surface area contributed by atoms with Crippen molar-refractivity contribution in [1.29, 1.82) is 0 Å². The van der Waals surface area contributed by atoms with Gasteiger partial charge in [0.15, 0.2) is 0 Å². The molecule has 0 aliphatic rings. The summed E-state index contributed by atoms with van der Waals surface area (Å²) in [6.07, 6.45) is 4.19. The molecule has 1 rings (SSSR count). The first-order chi connectivity index (χ1) is 6.70. The van der Waals surface area contributed by atoms with E-state index in [1.165, 1.54) is 17.7 Å². The molecule has 0 aliphatic carbocycles. The first kappa shape index (κ1) is 11.2. The van der Waals surface area contributed by atoms with Crippen molar-refractivity contribution in [3.8, 4) is 0 Å². The van der Waals surface area contributed by atoms with E-state index in [9.17, 15) is 0 Å². The highest BCUT2D eigenvalue weighted by Crippen LogP contribution is 2.28. The van der Waals surface area contributed by atoms with Gasteiger partial charge in [-0.2, -0.15) is 0 Å². The third kappa shape index (κ3) is 2.34. The fraction of sp³-hybridized carbons (Fsp3) is 0.615. The summed E-state index contributed by atoms with van der Waals surface area (Å²) in [7, 11) is 0. The summed E-state index contributed by atoms with van der Waals surface area (Å²) >= 11 is 0. The first-order valence-electron chi connectivity index (χ1n) is 5.64. The molecule has 0 spiro atoms. The molecule has 0 aliphatic heterocycles. The zero-order valence-corrected chi connectivity index (χ0v) is 9.75. The third-order valence-electron chi connectivity index (χ3n) is 2.90. The Hall–Kier alpha value is -0.850. The fourth-order valence-electron chi connectivity index (χ4n) is 2.06. The molecule has 1 unspecified atom stereocenters. The smallest absolute Gasteiger partial charge is 0.0468 e. The van der Waals surface area contributed by atoms with Gasteiger partial charge < -0.3 is 0 Å². The molecule has 78 valence electrons. The summed E-state index contributed by atoms with van der Waals surface area (Å²) in [4.78, 5) is 4.54. The molecule has 1 heteroatoms. The molecule has 1 nitrogen and oxygen atoms in total. The summed E-state index contributed by atoms with van der Waals surface area (Å²) in [6.45, 7) is 9.01. The SMILES string of the molecule is CCc1cccnc1C(CC)C(C)C. The van der Waals surface area contributed by atoms with Gasteiger partial charge in [-0.05, 0) is 30.4 Å². The van der Waals surface area contributed by atoms with E-state index in [4.69, 9.17) is 0 Å². The number of rotatable bonds is 4. The topological polar surface area (TPSA) is 12.9 Å². The van der Waals surface area contributed by atoms with Crippen LogP contribution < -0.4 is 0 Å². The van der Waals surface area contributed by atoms with E-state index in [0.29, 0.717) is 11.8 Å². The van der Waals surface area contributed by atoms with Gasteiger partial charge in [0.1, 0.15) is 0 Å². The van der Waals surface area contributed by atoms with Crippen LogP contribution in [0.3, 0.4) is 0 Å². The van der Waals surface area contributed by atoms with Crippen LogP contribution in [0, 0.1) is 5.92 Å². The second kappa shape index (κ2) is 5.14. The lowest BCUT2D eigenvalue weighted by Gasteiger charge is -2.20. The molecule has 0 saturated heterocycles. The van der Waals surface area contributed by atoms with Crippen molar-refractivity contribution in [1.82, 2.24) is 4.98 Å². The summed E-state index contributed by atoms with van der Waals surface area (Å²) in [5, 5.41) is 0. The minimum atomic E-state index is 0.617. The van der Waals surface area contributed by atoms with Crippen LogP contribution in [0.2, 0.25) is 0 Å². The van der Waals surface area contributed by atoms with E-state index in [1.807, 2.05) is 12.3 Å². The lowest BCUT2D eigenvalue weighted by atomic mass is 9.87. The quantitative estimate of drug-likeness (QED) is 0.705. The average molecular weight is 191 g/mol. The Morgan fingerprint density at radius 2 is 2.00 bits per heavy atom. The predicted molar refractivity (Wildman–Crippen MR) is 61.5 cm³/mol. The minimum Gasteiger partial charge on any atom is -0.261 e. The highest BCUT2D eigenvalue weighted by atomic mass is 14.7. The maximum atomic E-state index is 4.54. The standard InChI is InChI=1S/C13H21N/c1-5-11-8-7-9-14-13(11)12(6-2)10(3)4/h7-10,12H,5-6H2,1-4H3. The number of aryl methyl sites for hydroxylation is 1. The lowest BCUT2D eigenvalue weighted by Crippen LogP contribution is -2.10. The monoisotopic (exact) mass is 191 g/mol. The zero-order valence-electron chi connectivity index (χ0n) is 9.75. The van der Waals surface area contributed by atoms with Crippen molar-refractivity contribution in [2.45, 2.75) is 46.5 Å². The van der Waals surface area contributed by atoms with Crippen molar-refractivity contribution in [2.75, 3.05) is 0 Å². The van der Waals surface area contributed by atoms with Crippen molar-refractivity contribution >= 4 is 0 Å². The van der Waals surface area contributed by atoms with E-state index < -0.39 is 0 Å². The Balaban J connectivity index is 3.02. The fourth-order valence-corrected chi connectivity index (χ4v) is 2.06. The molecule has 1 aromatic rings. The molecule has 1 aromatic heterocycles. The van der Waals surface area contributed by atoms with E-state index in [-0.39, 0.29) is 0 Å². The Kier molecular flexibility index (Phi) is 4.12. The Bertz CT molecular complexity index is 278. The maximum absolute atomic E-state index is 4.54. The van der Waals surface area contributed by atoms with Crippen LogP contribution in [0.15, 0.2) is 18.3 Å². The summed E-state index contributed by atoms with van der Waals surface area (Å²) in [5.41, 5.74) is 2.72. The van der Waals surface area contributed by atoms with Crippen LogP contribution >= 0.6 is 0 Å². The van der Waals surface area contributed by atoms with Gasteiger partial charge in [-0.3, -0.25) is 4.98 Å². The Labute approximate surface area is 87.6 Å². The normalized spacial score (nSPS) is 13.2. The minimum absolute atomic E-state index is 0.617. The average Bonchev–Trinajstić information content (AvgIpc) is 2.19. The van der Waals surface area contributed by atoms with E-state index in [2.05, 4.69) is 38.7 Å². The van der Waals surface area contributed by atoms with Crippen LogP contribution in [0.1, 0.15) is 51.3 Å². The molecular weight excluding hydrogens is 170 g/mol. The van der Waals surface area contributed by atoms with Gasteiger partial charge in [-0.15, -0.1) is 0 Å². The molecule has 0 N–H and O–H groups in total. The molecular formula is C13H21N. The van der Waals surface area contributed by atoms with Gasteiger partial charge >= 0.3 is 0 Å². The van der Waals surface area contributed by atoms with Crippen molar-refractivity contribution in [3.05, 3.63) is 29.6 Å². The first-order valence-corrected chi connectivity index (χ1v) is 5.64. The Morgan fingerprint density at radius 3 is 2.50 bits per heavy atom. The van der Waals surface area contributed by atoms with Gasteiger partial charge in [0.2, 0.25) is 0 Å². The number of hydrogen-bond donors (Lipinski definition) is 0. The van der Waals surface area contributed by atoms with Gasteiger partial charge in [-0.25, -0.2) is 0 Å². The van der Waals surface area contributed by atoms with Crippen LogP contribution in [0.25, 0.3) is 0 Å². The molecule has 0 amide bonds. The molecule has 0 bridgehead atoms. The van der Waals surface area contributed by atoms with Crippen molar-refractivity contribution in [2.24, 2.45) is 5.92 Å². The highest BCUT2D eigenvalue weighted by molar-refractivity contribution is 5.23. The molecule has 0 aromatic carbocycles. The lowest BCUT2D eigenvalue weighted by molar-refractivity contribution is 0.471. The Morgan fingerprint density at radius 1 is 1.29 bits per heavy atom. The second-order valence-corrected chi connectivity index (χ2v) is 4.16. The molecule has 14 heavy (non-hydrogen) atoms. The number of pyridine rings is 1. The van der Waals surface area contributed by atoms with Gasteiger partial charge in [-0.1, -0.05) is 33.8 Å². The van der Waals surface area contributed by atoms with Gasteiger partial charge in [0.05, 0.1) is 0 Å². The predicted octanol–water partition coefficient (Wildman–Crippen LogP) is 3.79. The second-order valence-electron chi connectivity index (χ2n) is 4.16. The zero-order chi connectivity index (χ0) is 10.6. The van der Waals surface area contributed by atoms with Crippen LogP contribution in [-0.4, -0.2) is 4.98 Å². The number of aromatic nitrogens is 1.